The average Bonchev–Trinajstić information content (AvgIpc) is 2.84. The van der Waals surface area contributed by atoms with Gasteiger partial charge in [0.2, 0.25) is 0 Å². The van der Waals surface area contributed by atoms with Crippen molar-refractivity contribution < 1.29 is 0 Å². The van der Waals surface area contributed by atoms with Gasteiger partial charge in [0.1, 0.15) is 0 Å². The van der Waals surface area contributed by atoms with E-state index in [1.54, 1.807) is 0 Å². The normalized spacial score (nSPS) is 30.4. The first kappa shape index (κ1) is 14.1. The summed E-state index contributed by atoms with van der Waals surface area (Å²) in [5.74, 6) is 0.927. The molecule has 1 aliphatic heterocycles. The second kappa shape index (κ2) is 5.87. The lowest BCUT2D eigenvalue weighted by molar-refractivity contribution is 0.0869. The Morgan fingerprint density at radius 2 is 1.75 bits per heavy atom. The number of benzene rings is 1. The smallest absolute Gasteiger partial charge is 0.0240 e. The van der Waals surface area contributed by atoms with Gasteiger partial charge in [0, 0.05) is 26.2 Å². The number of fused-ring (bicyclic) bond motifs is 1. The maximum absolute atomic E-state index is 3.46. The van der Waals surface area contributed by atoms with Gasteiger partial charge in [-0.3, -0.25) is 4.90 Å². The lowest BCUT2D eigenvalue weighted by Crippen LogP contribution is -2.44. The van der Waals surface area contributed by atoms with Crippen LogP contribution >= 0.6 is 0 Å². The van der Waals surface area contributed by atoms with E-state index in [4.69, 9.17) is 0 Å². The van der Waals surface area contributed by atoms with Crippen molar-refractivity contribution >= 4 is 0 Å². The SMILES string of the molecule is CNCC1(CN2Cc3ccccc3C2)CCC(C)CC1. The molecule has 0 radical (unpaired) electrons. The van der Waals surface area contributed by atoms with Crippen molar-refractivity contribution in [1.82, 2.24) is 10.2 Å². The van der Waals surface area contributed by atoms with Crippen molar-refractivity contribution in [3.05, 3.63) is 35.4 Å². The molecular weight excluding hydrogens is 244 g/mol. The molecule has 2 nitrogen and oxygen atoms in total. The highest BCUT2D eigenvalue weighted by molar-refractivity contribution is 5.30. The van der Waals surface area contributed by atoms with Crippen LogP contribution in [-0.4, -0.2) is 25.0 Å². The molecule has 0 unspecified atom stereocenters. The molecule has 1 aromatic rings. The van der Waals surface area contributed by atoms with Gasteiger partial charge in [-0.25, -0.2) is 0 Å². The van der Waals surface area contributed by atoms with Gasteiger partial charge in [0.05, 0.1) is 0 Å². The largest absolute Gasteiger partial charge is 0.319 e. The van der Waals surface area contributed by atoms with Crippen LogP contribution in [0, 0.1) is 11.3 Å². The Morgan fingerprint density at radius 3 is 2.30 bits per heavy atom. The molecule has 1 aliphatic carbocycles. The minimum Gasteiger partial charge on any atom is -0.319 e. The van der Waals surface area contributed by atoms with Crippen molar-refractivity contribution in [1.29, 1.82) is 0 Å². The Kier molecular flexibility index (Phi) is 4.13. The molecule has 1 heterocycles. The third-order valence-corrected chi connectivity index (χ3v) is 5.35. The van der Waals surface area contributed by atoms with Crippen LogP contribution in [0.15, 0.2) is 24.3 Å². The lowest BCUT2D eigenvalue weighted by atomic mass is 9.70. The monoisotopic (exact) mass is 272 g/mol. The summed E-state index contributed by atoms with van der Waals surface area (Å²) in [4.78, 5) is 2.66. The predicted octanol–water partition coefficient (Wildman–Crippen LogP) is 3.42. The number of hydrogen-bond donors (Lipinski definition) is 1. The van der Waals surface area contributed by atoms with Crippen molar-refractivity contribution in [3.63, 3.8) is 0 Å². The zero-order valence-electron chi connectivity index (χ0n) is 13.0. The molecule has 1 aromatic carbocycles. The summed E-state index contributed by atoms with van der Waals surface area (Å²) < 4.78 is 0. The molecule has 0 atom stereocenters. The van der Waals surface area contributed by atoms with Gasteiger partial charge in [-0.1, -0.05) is 44.0 Å². The molecule has 0 amide bonds. The summed E-state index contributed by atoms with van der Waals surface area (Å²) in [7, 11) is 2.11. The molecule has 20 heavy (non-hydrogen) atoms. The standard InChI is InChI=1S/C18H28N2/c1-15-7-9-18(10-8-15,13-19-2)14-20-11-16-5-3-4-6-17(16)12-20/h3-6,15,19H,7-14H2,1-2H3. The summed E-state index contributed by atoms with van der Waals surface area (Å²) in [6, 6.07) is 8.94. The van der Waals surface area contributed by atoms with Crippen LogP contribution in [0.2, 0.25) is 0 Å². The molecule has 2 heteroatoms. The minimum atomic E-state index is 0.503. The Hall–Kier alpha value is -0.860. The molecule has 1 saturated carbocycles. The average molecular weight is 272 g/mol. The fourth-order valence-corrected chi connectivity index (χ4v) is 4.13. The summed E-state index contributed by atoms with van der Waals surface area (Å²) in [5.41, 5.74) is 3.58. The van der Waals surface area contributed by atoms with Crippen molar-refractivity contribution in [2.24, 2.45) is 11.3 Å². The molecular formula is C18H28N2. The molecule has 3 rings (SSSR count). The number of nitrogens with zero attached hydrogens (tertiary/aromatic N) is 1. The van der Waals surface area contributed by atoms with Crippen LogP contribution < -0.4 is 5.32 Å². The van der Waals surface area contributed by atoms with Gasteiger partial charge < -0.3 is 5.32 Å². The highest BCUT2D eigenvalue weighted by atomic mass is 15.1. The molecule has 0 spiro atoms. The van der Waals surface area contributed by atoms with E-state index in [-0.39, 0.29) is 0 Å². The zero-order chi connectivity index (χ0) is 14.0. The molecule has 0 bridgehead atoms. The summed E-state index contributed by atoms with van der Waals surface area (Å²) in [6.45, 7) is 7.14. The molecule has 0 aromatic heterocycles. The Morgan fingerprint density at radius 1 is 1.15 bits per heavy atom. The summed E-state index contributed by atoms with van der Waals surface area (Å²) in [6.07, 6.45) is 5.59. The van der Waals surface area contributed by atoms with E-state index in [1.807, 2.05) is 0 Å². The second-order valence-corrected chi connectivity index (χ2v) is 7.13. The van der Waals surface area contributed by atoms with Gasteiger partial charge in [-0.2, -0.15) is 0 Å². The van der Waals surface area contributed by atoms with Crippen molar-refractivity contribution in [2.45, 2.75) is 45.7 Å². The van der Waals surface area contributed by atoms with Gasteiger partial charge >= 0.3 is 0 Å². The van der Waals surface area contributed by atoms with E-state index >= 15 is 0 Å². The lowest BCUT2D eigenvalue weighted by Gasteiger charge is -2.42. The maximum atomic E-state index is 3.46. The quantitative estimate of drug-likeness (QED) is 0.903. The van der Waals surface area contributed by atoms with E-state index in [2.05, 4.69) is 48.5 Å². The molecule has 0 saturated heterocycles. The third kappa shape index (κ3) is 2.91. The number of hydrogen-bond acceptors (Lipinski definition) is 2. The van der Waals surface area contributed by atoms with E-state index in [0.29, 0.717) is 5.41 Å². The first-order chi connectivity index (χ1) is 9.71. The van der Waals surface area contributed by atoms with Crippen molar-refractivity contribution in [2.75, 3.05) is 20.1 Å². The van der Waals surface area contributed by atoms with Crippen LogP contribution in [0.3, 0.4) is 0 Å². The van der Waals surface area contributed by atoms with Gasteiger partial charge in [0.25, 0.3) is 0 Å². The predicted molar refractivity (Wildman–Crippen MR) is 84.5 cm³/mol. The highest BCUT2D eigenvalue weighted by Crippen LogP contribution is 2.40. The van der Waals surface area contributed by atoms with Gasteiger partial charge in [0.15, 0.2) is 0 Å². The summed E-state index contributed by atoms with van der Waals surface area (Å²) in [5, 5.41) is 3.46. The van der Waals surface area contributed by atoms with E-state index < -0.39 is 0 Å². The molecule has 2 aliphatic rings. The van der Waals surface area contributed by atoms with E-state index in [9.17, 15) is 0 Å². The van der Waals surface area contributed by atoms with Crippen LogP contribution in [0.1, 0.15) is 43.7 Å². The van der Waals surface area contributed by atoms with Crippen LogP contribution in [0.25, 0.3) is 0 Å². The molecule has 1 fully saturated rings. The first-order valence-corrected chi connectivity index (χ1v) is 8.14. The minimum absolute atomic E-state index is 0.503. The van der Waals surface area contributed by atoms with Crippen molar-refractivity contribution in [3.8, 4) is 0 Å². The third-order valence-electron chi connectivity index (χ3n) is 5.35. The van der Waals surface area contributed by atoms with E-state index in [0.717, 1.165) is 19.0 Å². The van der Waals surface area contributed by atoms with Crippen LogP contribution in [-0.2, 0) is 13.1 Å². The van der Waals surface area contributed by atoms with E-state index in [1.165, 1.54) is 49.9 Å². The fourth-order valence-electron chi connectivity index (χ4n) is 4.13. The maximum Gasteiger partial charge on any atom is 0.0240 e. The second-order valence-electron chi connectivity index (χ2n) is 7.13. The fraction of sp³-hybridized carbons (Fsp3) is 0.667. The summed E-state index contributed by atoms with van der Waals surface area (Å²) >= 11 is 0. The van der Waals surface area contributed by atoms with Crippen LogP contribution in [0.4, 0.5) is 0 Å². The highest BCUT2D eigenvalue weighted by Gasteiger charge is 2.36. The zero-order valence-corrected chi connectivity index (χ0v) is 13.0. The number of rotatable bonds is 4. The molecule has 110 valence electrons. The number of nitrogens with one attached hydrogen (secondary N) is 1. The Balaban J connectivity index is 1.66. The van der Waals surface area contributed by atoms with Gasteiger partial charge in [-0.05, 0) is 42.3 Å². The Bertz CT molecular complexity index is 421. The van der Waals surface area contributed by atoms with Gasteiger partial charge in [-0.15, -0.1) is 0 Å². The van der Waals surface area contributed by atoms with Crippen LogP contribution in [0.5, 0.6) is 0 Å². The first-order valence-electron chi connectivity index (χ1n) is 8.14. The Labute approximate surface area is 123 Å². The topological polar surface area (TPSA) is 15.3 Å². The molecule has 1 N–H and O–H groups in total.